The third-order valence-corrected chi connectivity index (χ3v) is 4.44. The van der Waals surface area contributed by atoms with E-state index in [0.29, 0.717) is 5.56 Å². The molecule has 0 aliphatic heterocycles. The maximum Gasteiger partial charge on any atom is 0.252 e. The highest BCUT2D eigenvalue weighted by Gasteiger charge is 2.36. The molecule has 2 N–H and O–H groups in total. The highest BCUT2D eigenvalue weighted by Crippen LogP contribution is 2.24. The van der Waals surface area contributed by atoms with Crippen LogP contribution >= 0.6 is 15.9 Å². The summed E-state index contributed by atoms with van der Waals surface area (Å²) in [6.45, 7) is 8.89. The van der Waals surface area contributed by atoms with Crippen molar-refractivity contribution in [1.29, 1.82) is 0 Å². The van der Waals surface area contributed by atoms with Crippen molar-refractivity contribution in [2.75, 3.05) is 0 Å². The molecule has 0 saturated heterocycles. The molecule has 0 spiro atoms. The predicted octanol–water partition coefficient (Wildman–Crippen LogP) is 3.04. The van der Waals surface area contributed by atoms with Crippen LogP contribution in [-0.2, 0) is 0 Å². The van der Waals surface area contributed by atoms with Crippen LogP contribution in [0.3, 0.4) is 0 Å². The summed E-state index contributed by atoms with van der Waals surface area (Å²) in [5.41, 5.74) is -0.136. The molecule has 18 heavy (non-hydrogen) atoms. The predicted molar refractivity (Wildman–Crippen MR) is 76.7 cm³/mol. The zero-order valence-electron chi connectivity index (χ0n) is 11.5. The van der Waals surface area contributed by atoms with Crippen molar-refractivity contribution in [1.82, 2.24) is 5.32 Å². The maximum absolute atomic E-state index is 12.2. The molecule has 0 aliphatic rings. The Bertz CT molecular complexity index is 461. The molecule has 0 atom stereocenters. The van der Waals surface area contributed by atoms with Gasteiger partial charge in [-0.05, 0) is 62.2 Å². The highest BCUT2D eigenvalue weighted by atomic mass is 79.9. The van der Waals surface area contributed by atoms with Crippen LogP contribution in [0.25, 0.3) is 0 Å². The van der Waals surface area contributed by atoms with Gasteiger partial charge in [-0.2, -0.15) is 0 Å². The van der Waals surface area contributed by atoms with Gasteiger partial charge in [-0.15, -0.1) is 0 Å². The highest BCUT2D eigenvalue weighted by molar-refractivity contribution is 9.10. The molecule has 1 aromatic rings. The Morgan fingerprint density at radius 1 is 1.28 bits per heavy atom. The summed E-state index contributed by atoms with van der Waals surface area (Å²) in [7, 11) is 0. The first-order valence-electron chi connectivity index (χ1n) is 5.86. The Morgan fingerprint density at radius 2 is 1.83 bits per heavy atom. The molecule has 0 heterocycles. The lowest BCUT2D eigenvalue weighted by atomic mass is 9.85. The summed E-state index contributed by atoms with van der Waals surface area (Å²) in [6, 6.07) is 5.53. The van der Waals surface area contributed by atoms with Gasteiger partial charge in [-0.25, -0.2) is 0 Å². The van der Waals surface area contributed by atoms with Gasteiger partial charge in [0.25, 0.3) is 5.91 Å². The molecule has 1 rings (SSSR count). The molecule has 0 bridgehead atoms. The van der Waals surface area contributed by atoms with Crippen LogP contribution in [0.5, 0.6) is 0 Å². The van der Waals surface area contributed by atoms with Gasteiger partial charge in [0.05, 0.1) is 16.7 Å². The molecule has 0 aliphatic carbocycles. The number of aryl methyl sites for hydroxylation is 1. The fourth-order valence-electron chi connectivity index (χ4n) is 1.33. The molecule has 3 nitrogen and oxygen atoms in total. The average Bonchev–Trinajstić information content (AvgIpc) is 2.19. The summed E-state index contributed by atoms with van der Waals surface area (Å²) in [5, 5.41) is 12.9. The second kappa shape index (κ2) is 5.02. The first-order chi connectivity index (χ1) is 8.06. The van der Waals surface area contributed by atoms with Crippen molar-refractivity contribution in [3.05, 3.63) is 33.8 Å². The number of rotatable bonds is 3. The number of carbonyl (C=O) groups excluding carboxylic acids is 1. The van der Waals surface area contributed by atoms with Crippen LogP contribution in [-0.4, -0.2) is 22.2 Å². The summed E-state index contributed by atoms with van der Waals surface area (Å²) < 4.78 is 0.786. The first kappa shape index (κ1) is 15.2. The van der Waals surface area contributed by atoms with Crippen LogP contribution in [0.1, 0.15) is 43.6 Å². The van der Waals surface area contributed by atoms with Crippen molar-refractivity contribution >= 4 is 21.8 Å². The van der Waals surface area contributed by atoms with Gasteiger partial charge < -0.3 is 10.4 Å². The van der Waals surface area contributed by atoms with Crippen LogP contribution in [0, 0.1) is 6.92 Å². The van der Waals surface area contributed by atoms with E-state index in [9.17, 15) is 9.90 Å². The third kappa shape index (κ3) is 3.12. The number of hydrogen-bond acceptors (Lipinski definition) is 2. The molecular formula is C14H20BrNO2. The van der Waals surface area contributed by atoms with E-state index in [4.69, 9.17) is 0 Å². The van der Waals surface area contributed by atoms with E-state index < -0.39 is 11.1 Å². The first-order valence-corrected chi connectivity index (χ1v) is 6.65. The molecule has 1 aromatic carbocycles. The largest absolute Gasteiger partial charge is 0.388 e. The van der Waals surface area contributed by atoms with E-state index in [1.54, 1.807) is 33.8 Å². The number of amides is 1. The number of halogens is 1. The topological polar surface area (TPSA) is 49.3 Å². The number of aliphatic hydroxyl groups is 1. The van der Waals surface area contributed by atoms with E-state index in [2.05, 4.69) is 21.2 Å². The van der Waals surface area contributed by atoms with Gasteiger partial charge >= 0.3 is 0 Å². The fourth-order valence-corrected chi connectivity index (χ4v) is 1.77. The third-order valence-electron chi connectivity index (χ3n) is 3.39. The standard InChI is InChI=1S/C14H20BrNO2/c1-9-7-6-8-10(11(9)15)12(17)16-13(2,3)14(4,5)18/h6-8,18H,1-5H3,(H,16,17). The smallest absolute Gasteiger partial charge is 0.252 e. The van der Waals surface area contributed by atoms with Gasteiger partial charge in [0.2, 0.25) is 0 Å². The summed E-state index contributed by atoms with van der Waals surface area (Å²) in [5.74, 6) is -0.197. The van der Waals surface area contributed by atoms with E-state index in [1.807, 2.05) is 19.1 Å². The van der Waals surface area contributed by atoms with Crippen molar-refractivity contribution in [3.8, 4) is 0 Å². The minimum atomic E-state index is -1.00. The molecule has 0 fully saturated rings. The summed E-state index contributed by atoms with van der Waals surface area (Å²) in [6.07, 6.45) is 0. The molecule has 0 aromatic heterocycles. The number of benzene rings is 1. The maximum atomic E-state index is 12.2. The van der Waals surface area contributed by atoms with Gasteiger partial charge in [0, 0.05) is 4.47 Å². The molecule has 0 radical (unpaired) electrons. The Balaban J connectivity index is 3.00. The van der Waals surface area contributed by atoms with Crippen LogP contribution < -0.4 is 5.32 Å². The SMILES string of the molecule is Cc1cccc(C(=O)NC(C)(C)C(C)(C)O)c1Br. The van der Waals surface area contributed by atoms with Gasteiger partial charge in [-0.3, -0.25) is 4.79 Å². The van der Waals surface area contributed by atoms with Gasteiger partial charge in [0.15, 0.2) is 0 Å². The van der Waals surface area contributed by atoms with Crippen LogP contribution in [0.4, 0.5) is 0 Å². The molecule has 100 valence electrons. The lowest BCUT2D eigenvalue weighted by Crippen LogP contribution is -2.57. The second-order valence-corrected chi connectivity index (χ2v) is 6.37. The minimum Gasteiger partial charge on any atom is -0.388 e. The van der Waals surface area contributed by atoms with Crippen molar-refractivity contribution in [2.45, 2.75) is 45.8 Å². The van der Waals surface area contributed by atoms with Crippen LogP contribution in [0.15, 0.2) is 22.7 Å². The summed E-state index contributed by atoms with van der Waals surface area (Å²) >= 11 is 3.42. The molecule has 4 heteroatoms. The molecule has 1 amide bonds. The zero-order chi connectivity index (χ0) is 14.1. The van der Waals surface area contributed by atoms with Crippen molar-refractivity contribution < 1.29 is 9.90 Å². The van der Waals surface area contributed by atoms with Gasteiger partial charge in [0.1, 0.15) is 0 Å². The summed E-state index contributed by atoms with van der Waals surface area (Å²) in [4.78, 5) is 12.2. The Hall–Kier alpha value is -0.870. The Morgan fingerprint density at radius 3 is 2.33 bits per heavy atom. The van der Waals surface area contributed by atoms with E-state index in [0.717, 1.165) is 10.0 Å². The normalized spacial score (nSPS) is 12.4. The zero-order valence-corrected chi connectivity index (χ0v) is 13.1. The second-order valence-electron chi connectivity index (χ2n) is 5.57. The Labute approximate surface area is 117 Å². The number of carbonyl (C=O) groups is 1. The van der Waals surface area contributed by atoms with E-state index >= 15 is 0 Å². The lowest BCUT2D eigenvalue weighted by Gasteiger charge is -2.38. The van der Waals surface area contributed by atoms with E-state index in [1.165, 1.54) is 0 Å². The lowest BCUT2D eigenvalue weighted by molar-refractivity contribution is -0.00294. The van der Waals surface area contributed by atoms with Crippen molar-refractivity contribution in [3.63, 3.8) is 0 Å². The molecular weight excluding hydrogens is 294 g/mol. The number of hydrogen-bond donors (Lipinski definition) is 2. The van der Waals surface area contributed by atoms with E-state index in [-0.39, 0.29) is 5.91 Å². The molecule has 0 unspecified atom stereocenters. The fraction of sp³-hybridized carbons (Fsp3) is 0.500. The monoisotopic (exact) mass is 313 g/mol. The average molecular weight is 314 g/mol. The number of nitrogens with one attached hydrogen (secondary N) is 1. The minimum absolute atomic E-state index is 0.197. The Kier molecular flexibility index (Phi) is 4.23. The van der Waals surface area contributed by atoms with Gasteiger partial charge in [-0.1, -0.05) is 12.1 Å². The van der Waals surface area contributed by atoms with Crippen LogP contribution in [0.2, 0.25) is 0 Å². The quantitative estimate of drug-likeness (QED) is 0.901. The van der Waals surface area contributed by atoms with Crippen molar-refractivity contribution in [2.24, 2.45) is 0 Å². The molecule has 0 saturated carbocycles.